The van der Waals surface area contributed by atoms with E-state index in [1.807, 2.05) is 97.3 Å². The van der Waals surface area contributed by atoms with Crippen LogP contribution in [-0.4, -0.2) is 29.9 Å². The second-order valence-electron chi connectivity index (χ2n) is 15.5. The molecule has 8 aromatic carbocycles. The minimum absolute atomic E-state index is 0.602. The molecule has 0 radical (unpaired) electrons. The van der Waals surface area contributed by atoms with Crippen LogP contribution in [0.1, 0.15) is 0 Å². The highest BCUT2D eigenvalue weighted by Gasteiger charge is 2.19. The first-order chi connectivity index (χ1) is 31.7. The largest absolute Gasteiger partial charge is 0.265 e. The van der Waals surface area contributed by atoms with Crippen molar-refractivity contribution in [2.24, 2.45) is 0 Å². The summed E-state index contributed by atoms with van der Waals surface area (Å²) in [6.07, 6.45) is 3.68. The van der Waals surface area contributed by atoms with Crippen LogP contribution < -0.4 is 0 Å². The third-order valence-corrected chi connectivity index (χ3v) is 11.5. The first-order valence-electron chi connectivity index (χ1n) is 21.3. The second kappa shape index (κ2) is 17.0. The van der Waals surface area contributed by atoms with Crippen LogP contribution >= 0.6 is 0 Å². The van der Waals surface area contributed by atoms with Gasteiger partial charge in [-0.3, -0.25) is 4.98 Å². The minimum atomic E-state index is 0.602. The first-order valence-corrected chi connectivity index (χ1v) is 21.3. The summed E-state index contributed by atoms with van der Waals surface area (Å²) in [5, 5.41) is 2.25. The Morgan fingerprint density at radius 2 is 0.719 bits per heavy atom. The van der Waals surface area contributed by atoms with Gasteiger partial charge in [-0.1, -0.05) is 188 Å². The van der Waals surface area contributed by atoms with Crippen molar-refractivity contribution in [1.29, 1.82) is 0 Å². The molecule has 6 heteroatoms. The second-order valence-corrected chi connectivity index (χ2v) is 15.5. The van der Waals surface area contributed by atoms with E-state index in [-0.39, 0.29) is 0 Å². The fourth-order valence-electron chi connectivity index (χ4n) is 8.33. The molecule has 0 spiro atoms. The summed E-state index contributed by atoms with van der Waals surface area (Å²) in [6.45, 7) is 0. The maximum atomic E-state index is 5.29. The van der Waals surface area contributed by atoms with Crippen LogP contribution in [0.2, 0.25) is 0 Å². The van der Waals surface area contributed by atoms with E-state index in [4.69, 9.17) is 24.9 Å². The molecule has 3 aromatic heterocycles. The molecule has 0 saturated heterocycles. The third kappa shape index (κ3) is 7.61. The standard InChI is InChI=1S/C58H38N6/c1-4-17-41(18-5-1)53-38-54(61-57(60-53)51-29-15-23-39-16-10-11-26-47(39)51)46-25-14-24-44(36-46)52-37-45(30-31-49(52)40-32-34-59-35-33-40)48-27-12-13-28-50(48)58-63-55(42-19-6-2-7-20-42)62-56(64-58)43-21-8-3-9-22-43/h1-38H. The number of hydrogen-bond donors (Lipinski definition) is 0. The monoisotopic (exact) mass is 818 g/mol. The average Bonchev–Trinajstić information content (AvgIpc) is 3.39. The lowest BCUT2D eigenvalue weighted by atomic mass is 9.89. The molecule has 0 aliphatic rings. The van der Waals surface area contributed by atoms with Crippen LogP contribution in [0.15, 0.2) is 231 Å². The van der Waals surface area contributed by atoms with Gasteiger partial charge in [0.05, 0.1) is 11.4 Å². The van der Waals surface area contributed by atoms with Gasteiger partial charge in [0.1, 0.15) is 0 Å². The summed E-state index contributed by atoms with van der Waals surface area (Å²) in [6, 6.07) is 75.1. The lowest BCUT2D eigenvalue weighted by Gasteiger charge is -2.16. The van der Waals surface area contributed by atoms with Crippen molar-refractivity contribution in [1.82, 2.24) is 29.9 Å². The number of rotatable bonds is 9. The molecule has 64 heavy (non-hydrogen) atoms. The Morgan fingerprint density at radius 3 is 1.44 bits per heavy atom. The van der Waals surface area contributed by atoms with Gasteiger partial charge in [0.15, 0.2) is 23.3 Å². The summed E-state index contributed by atoms with van der Waals surface area (Å²) >= 11 is 0. The fraction of sp³-hybridized carbons (Fsp3) is 0. The molecule has 11 aromatic rings. The Kier molecular flexibility index (Phi) is 10.1. The summed E-state index contributed by atoms with van der Waals surface area (Å²) in [5.74, 6) is 2.52. The van der Waals surface area contributed by atoms with Crippen molar-refractivity contribution >= 4 is 10.8 Å². The van der Waals surface area contributed by atoms with Crippen LogP contribution in [0, 0.1) is 0 Å². The van der Waals surface area contributed by atoms with Gasteiger partial charge in [-0.15, -0.1) is 0 Å². The predicted octanol–water partition coefficient (Wildman–Crippen LogP) is 14.2. The Bertz CT molecular complexity index is 3370. The van der Waals surface area contributed by atoms with E-state index in [2.05, 4.69) is 138 Å². The van der Waals surface area contributed by atoms with Crippen molar-refractivity contribution in [2.45, 2.75) is 0 Å². The summed E-state index contributed by atoms with van der Waals surface area (Å²) in [7, 11) is 0. The SMILES string of the molecule is c1ccc(-c2cc(-c3cccc(-c4cc(-c5ccccc5-c5nc(-c6ccccc6)nc(-c6ccccc6)n5)ccc4-c4ccncc4)c3)nc(-c3cccc4ccccc34)n2)cc1. The number of aromatic nitrogens is 6. The third-order valence-electron chi connectivity index (χ3n) is 11.5. The van der Waals surface area contributed by atoms with Gasteiger partial charge >= 0.3 is 0 Å². The molecular weight excluding hydrogens is 781 g/mol. The molecule has 0 aliphatic heterocycles. The molecule has 0 N–H and O–H groups in total. The summed E-state index contributed by atoms with van der Waals surface area (Å²) < 4.78 is 0. The van der Waals surface area contributed by atoms with Crippen LogP contribution in [0.4, 0.5) is 0 Å². The van der Waals surface area contributed by atoms with E-state index in [1.165, 1.54) is 0 Å². The molecule has 0 saturated carbocycles. The van der Waals surface area contributed by atoms with Crippen molar-refractivity contribution in [3.8, 4) is 101 Å². The number of fused-ring (bicyclic) bond motifs is 1. The van der Waals surface area contributed by atoms with E-state index < -0.39 is 0 Å². The van der Waals surface area contributed by atoms with Crippen molar-refractivity contribution < 1.29 is 0 Å². The predicted molar refractivity (Wildman–Crippen MR) is 260 cm³/mol. The lowest BCUT2D eigenvalue weighted by molar-refractivity contribution is 1.07. The number of hydrogen-bond acceptors (Lipinski definition) is 6. The first kappa shape index (κ1) is 38.2. The van der Waals surface area contributed by atoms with Gasteiger partial charge < -0.3 is 0 Å². The van der Waals surface area contributed by atoms with E-state index in [0.717, 1.165) is 88.9 Å². The molecule has 0 unspecified atom stereocenters. The van der Waals surface area contributed by atoms with Crippen molar-refractivity contribution in [3.05, 3.63) is 231 Å². The van der Waals surface area contributed by atoms with E-state index in [1.54, 1.807) is 0 Å². The van der Waals surface area contributed by atoms with E-state index in [0.29, 0.717) is 23.3 Å². The van der Waals surface area contributed by atoms with Crippen molar-refractivity contribution in [3.63, 3.8) is 0 Å². The zero-order valence-corrected chi connectivity index (χ0v) is 34.6. The van der Waals surface area contributed by atoms with Crippen LogP contribution in [0.25, 0.3) is 112 Å². The highest BCUT2D eigenvalue weighted by molar-refractivity contribution is 5.96. The number of benzene rings is 8. The molecule has 0 amide bonds. The minimum Gasteiger partial charge on any atom is -0.265 e. The molecular formula is C58H38N6. The zero-order chi connectivity index (χ0) is 42.7. The molecule has 0 bridgehead atoms. The number of pyridine rings is 1. The maximum absolute atomic E-state index is 5.29. The Morgan fingerprint density at radius 1 is 0.234 bits per heavy atom. The fourth-order valence-corrected chi connectivity index (χ4v) is 8.33. The summed E-state index contributed by atoms with van der Waals surface area (Å²) in [4.78, 5) is 30.0. The van der Waals surface area contributed by atoms with Gasteiger partial charge in [-0.2, -0.15) is 0 Å². The quantitative estimate of drug-likeness (QED) is 0.144. The molecule has 6 nitrogen and oxygen atoms in total. The average molecular weight is 819 g/mol. The smallest absolute Gasteiger partial charge is 0.164 e. The lowest BCUT2D eigenvalue weighted by Crippen LogP contribution is -2.01. The van der Waals surface area contributed by atoms with Crippen LogP contribution in [-0.2, 0) is 0 Å². The molecule has 0 aliphatic carbocycles. The Hall–Kier alpha value is -8.74. The maximum Gasteiger partial charge on any atom is 0.164 e. The van der Waals surface area contributed by atoms with Gasteiger partial charge in [-0.25, -0.2) is 24.9 Å². The van der Waals surface area contributed by atoms with Gasteiger partial charge in [-0.05, 0) is 74.5 Å². The molecule has 0 fully saturated rings. The van der Waals surface area contributed by atoms with Gasteiger partial charge in [0.25, 0.3) is 0 Å². The van der Waals surface area contributed by atoms with Gasteiger partial charge in [0, 0.05) is 45.8 Å². The highest BCUT2D eigenvalue weighted by Crippen LogP contribution is 2.40. The van der Waals surface area contributed by atoms with E-state index in [9.17, 15) is 0 Å². The zero-order valence-electron chi connectivity index (χ0n) is 34.6. The van der Waals surface area contributed by atoms with Crippen LogP contribution in [0.3, 0.4) is 0 Å². The summed E-state index contributed by atoms with van der Waals surface area (Å²) in [5.41, 5.74) is 13.8. The van der Waals surface area contributed by atoms with Gasteiger partial charge in [0.2, 0.25) is 0 Å². The topological polar surface area (TPSA) is 77.3 Å². The number of nitrogens with zero attached hydrogens (tertiary/aromatic N) is 6. The van der Waals surface area contributed by atoms with E-state index >= 15 is 0 Å². The highest BCUT2D eigenvalue weighted by atomic mass is 15.0. The molecule has 11 rings (SSSR count). The normalized spacial score (nSPS) is 11.1. The van der Waals surface area contributed by atoms with Crippen LogP contribution in [0.5, 0.6) is 0 Å². The Labute approximate surface area is 371 Å². The molecule has 0 atom stereocenters. The molecule has 300 valence electrons. The Balaban J connectivity index is 1.07. The van der Waals surface area contributed by atoms with Crippen molar-refractivity contribution in [2.75, 3.05) is 0 Å². The molecule has 3 heterocycles.